The van der Waals surface area contributed by atoms with Crippen LogP contribution in [0.5, 0.6) is 0 Å². The molecule has 1 heterocycles. The minimum atomic E-state index is 0. The Kier molecular flexibility index (Phi) is 10.3. The Bertz CT molecular complexity index is 323. The lowest BCUT2D eigenvalue weighted by Gasteiger charge is -2.39. The van der Waals surface area contributed by atoms with Gasteiger partial charge in [0.15, 0.2) is 5.96 Å². The predicted octanol–water partition coefficient (Wildman–Crippen LogP) is 2.74. The number of hydrogen-bond acceptors (Lipinski definition) is 3. The molecule has 0 spiro atoms. The van der Waals surface area contributed by atoms with Gasteiger partial charge in [-0.2, -0.15) is 11.8 Å². The maximum absolute atomic E-state index is 4.44. The van der Waals surface area contributed by atoms with Crippen molar-refractivity contribution in [3.63, 3.8) is 0 Å². The van der Waals surface area contributed by atoms with Crippen LogP contribution < -0.4 is 5.32 Å². The van der Waals surface area contributed by atoms with Crippen molar-refractivity contribution in [3.8, 4) is 0 Å². The summed E-state index contributed by atoms with van der Waals surface area (Å²) in [5, 5.41) is 3.51. The molecule has 0 bridgehead atoms. The molecule has 0 aromatic carbocycles. The molecule has 1 aliphatic heterocycles. The van der Waals surface area contributed by atoms with Gasteiger partial charge in [-0.1, -0.05) is 6.92 Å². The van der Waals surface area contributed by atoms with E-state index in [9.17, 15) is 0 Å². The fraction of sp³-hybridized carbons (Fsp3) is 0.933. The summed E-state index contributed by atoms with van der Waals surface area (Å²) in [5.74, 6) is 2.23. The maximum Gasteiger partial charge on any atom is 0.193 e. The lowest BCUT2D eigenvalue weighted by molar-refractivity contribution is 0.254. The number of aliphatic imine (C=N–C) groups is 1. The zero-order valence-electron chi connectivity index (χ0n) is 14.5. The topological polar surface area (TPSA) is 30.9 Å². The Morgan fingerprint density at radius 2 is 2.14 bits per heavy atom. The molecule has 126 valence electrons. The van der Waals surface area contributed by atoms with E-state index in [1.165, 1.54) is 12.2 Å². The number of rotatable bonds is 5. The van der Waals surface area contributed by atoms with Gasteiger partial charge in [0.25, 0.3) is 0 Å². The van der Waals surface area contributed by atoms with Gasteiger partial charge in [-0.05, 0) is 34.2 Å². The third kappa shape index (κ3) is 7.41. The van der Waals surface area contributed by atoms with Gasteiger partial charge < -0.3 is 15.1 Å². The standard InChI is InChI=1S/C15H32N4S.HI/c1-7-13(2)18(6)9-8-17-14(16-5)19-10-11-20-15(3,4)12-19;/h13H,7-12H2,1-6H3,(H,16,17);1H. The van der Waals surface area contributed by atoms with E-state index in [4.69, 9.17) is 0 Å². The van der Waals surface area contributed by atoms with Gasteiger partial charge >= 0.3 is 0 Å². The van der Waals surface area contributed by atoms with Crippen LogP contribution in [0.2, 0.25) is 0 Å². The number of halogens is 1. The van der Waals surface area contributed by atoms with Gasteiger partial charge in [0.05, 0.1) is 0 Å². The van der Waals surface area contributed by atoms with E-state index in [-0.39, 0.29) is 24.0 Å². The molecular formula is C15H33IN4S. The number of nitrogens with zero attached hydrogens (tertiary/aromatic N) is 3. The number of thioether (sulfide) groups is 1. The lowest BCUT2D eigenvalue weighted by Crippen LogP contribution is -2.52. The fourth-order valence-electron chi connectivity index (χ4n) is 2.41. The zero-order chi connectivity index (χ0) is 15.2. The van der Waals surface area contributed by atoms with Crippen molar-refractivity contribution in [2.75, 3.05) is 46.0 Å². The first-order valence-electron chi connectivity index (χ1n) is 7.69. The molecule has 6 heteroatoms. The fourth-order valence-corrected chi connectivity index (χ4v) is 3.52. The van der Waals surface area contributed by atoms with Crippen LogP contribution in [-0.4, -0.2) is 72.6 Å². The van der Waals surface area contributed by atoms with Crippen molar-refractivity contribution < 1.29 is 0 Å². The average molecular weight is 428 g/mol. The van der Waals surface area contributed by atoms with Crippen LogP contribution in [0.4, 0.5) is 0 Å². The largest absolute Gasteiger partial charge is 0.355 e. The Balaban J connectivity index is 0.00000400. The molecule has 0 saturated carbocycles. The quantitative estimate of drug-likeness (QED) is 0.415. The highest BCUT2D eigenvalue weighted by atomic mass is 127. The van der Waals surface area contributed by atoms with Crippen LogP contribution in [0.15, 0.2) is 4.99 Å². The van der Waals surface area contributed by atoms with Gasteiger partial charge in [-0.25, -0.2) is 0 Å². The minimum absolute atomic E-state index is 0. The normalized spacial score (nSPS) is 20.1. The zero-order valence-corrected chi connectivity index (χ0v) is 17.6. The van der Waals surface area contributed by atoms with E-state index in [1.807, 2.05) is 7.05 Å². The van der Waals surface area contributed by atoms with Crippen LogP contribution >= 0.6 is 35.7 Å². The van der Waals surface area contributed by atoms with Crippen LogP contribution in [0, 0.1) is 0 Å². The van der Waals surface area contributed by atoms with Gasteiger partial charge in [0, 0.05) is 49.8 Å². The summed E-state index contributed by atoms with van der Waals surface area (Å²) in [6, 6.07) is 0.643. The second-order valence-electron chi connectivity index (χ2n) is 6.24. The molecule has 1 atom stereocenters. The van der Waals surface area contributed by atoms with Crippen LogP contribution in [0.1, 0.15) is 34.1 Å². The van der Waals surface area contributed by atoms with E-state index in [0.29, 0.717) is 10.8 Å². The number of guanidine groups is 1. The number of likely N-dealkylation sites (N-methyl/N-ethyl adjacent to an activating group) is 1. The Morgan fingerprint density at radius 1 is 1.48 bits per heavy atom. The molecule has 1 N–H and O–H groups in total. The SMILES string of the molecule is CCC(C)N(C)CCNC(=NC)N1CCSC(C)(C)C1.I. The van der Waals surface area contributed by atoms with Crippen LogP contribution in [0.3, 0.4) is 0 Å². The average Bonchev–Trinajstić information content (AvgIpc) is 2.41. The smallest absolute Gasteiger partial charge is 0.193 e. The lowest BCUT2D eigenvalue weighted by atomic mass is 10.2. The molecule has 0 aliphatic carbocycles. The molecule has 0 aromatic heterocycles. The van der Waals surface area contributed by atoms with E-state index in [1.54, 1.807) is 0 Å². The molecule has 1 aliphatic rings. The molecule has 1 rings (SSSR count). The number of hydrogen-bond donors (Lipinski definition) is 1. The second kappa shape index (κ2) is 10.2. The monoisotopic (exact) mass is 428 g/mol. The first kappa shape index (κ1) is 21.3. The Hall–Kier alpha value is 0.310. The Morgan fingerprint density at radius 3 is 2.67 bits per heavy atom. The van der Waals surface area contributed by atoms with Crippen LogP contribution in [0.25, 0.3) is 0 Å². The predicted molar refractivity (Wildman–Crippen MR) is 107 cm³/mol. The van der Waals surface area contributed by atoms with E-state index < -0.39 is 0 Å². The Labute approximate surface area is 152 Å². The van der Waals surface area contributed by atoms with E-state index in [0.717, 1.165) is 32.1 Å². The molecular weight excluding hydrogens is 395 g/mol. The maximum atomic E-state index is 4.44. The second-order valence-corrected chi connectivity index (χ2v) is 8.04. The van der Waals surface area contributed by atoms with Crippen molar-refractivity contribution in [1.29, 1.82) is 0 Å². The summed E-state index contributed by atoms with van der Waals surface area (Å²) in [7, 11) is 4.08. The third-order valence-corrected chi connectivity index (χ3v) is 5.33. The summed E-state index contributed by atoms with van der Waals surface area (Å²) in [4.78, 5) is 9.23. The van der Waals surface area contributed by atoms with Crippen molar-refractivity contribution >= 4 is 41.7 Å². The highest BCUT2D eigenvalue weighted by Crippen LogP contribution is 2.29. The summed E-state index contributed by atoms with van der Waals surface area (Å²) in [6.45, 7) is 13.3. The third-order valence-electron chi connectivity index (χ3n) is 4.03. The number of nitrogens with one attached hydrogen (secondary N) is 1. The summed E-state index contributed by atoms with van der Waals surface area (Å²) < 4.78 is 0.323. The first-order valence-corrected chi connectivity index (χ1v) is 8.68. The van der Waals surface area contributed by atoms with Crippen molar-refractivity contribution in [2.45, 2.75) is 44.9 Å². The van der Waals surface area contributed by atoms with Gasteiger partial charge in [0.2, 0.25) is 0 Å². The van der Waals surface area contributed by atoms with Gasteiger partial charge in [-0.15, -0.1) is 24.0 Å². The van der Waals surface area contributed by atoms with Crippen LogP contribution in [-0.2, 0) is 0 Å². The summed E-state index contributed by atoms with van der Waals surface area (Å²) in [6.07, 6.45) is 1.20. The molecule has 1 unspecified atom stereocenters. The first-order chi connectivity index (χ1) is 9.39. The van der Waals surface area contributed by atoms with Gasteiger partial charge in [-0.3, -0.25) is 4.99 Å². The molecule has 0 radical (unpaired) electrons. The highest BCUT2D eigenvalue weighted by molar-refractivity contribution is 14.0. The van der Waals surface area contributed by atoms with Crippen molar-refractivity contribution in [3.05, 3.63) is 0 Å². The van der Waals surface area contributed by atoms with Crippen molar-refractivity contribution in [2.24, 2.45) is 4.99 Å². The molecule has 0 aromatic rings. The minimum Gasteiger partial charge on any atom is -0.355 e. The molecule has 21 heavy (non-hydrogen) atoms. The van der Waals surface area contributed by atoms with E-state index >= 15 is 0 Å². The van der Waals surface area contributed by atoms with Gasteiger partial charge in [0.1, 0.15) is 0 Å². The molecule has 1 saturated heterocycles. The highest BCUT2D eigenvalue weighted by Gasteiger charge is 2.28. The summed E-state index contributed by atoms with van der Waals surface area (Å²) >= 11 is 2.05. The van der Waals surface area contributed by atoms with Crippen molar-refractivity contribution in [1.82, 2.24) is 15.1 Å². The van der Waals surface area contributed by atoms with E-state index in [2.05, 4.69) is 66.6 Å². The molecule has 1 fully saturated rings. The molecule has 4 nitrogen and oxygen atoms in total. The molecule has 0 amide bonds. The summed E-state index contributed by atoms with van der Waals surface area (Å²) in [5.41, 5.74) is 0.